The van der Waals surface area contributed by atoms with Crippen LogP contribution < -0.4 is 20.6 Å². The van der Waals surface area contributed by atoms with Gasteiger partial charge < -0.3 is 35.6 Å². The topological polar surface area (TPSA) is 99.2 Å². The molecular formula is C26H39N6O3-. The number of hydrogen-bond acceptors (Lipinski definition) is 9. The van der Waals surface area contributed by atoms with Crippen LogP contribution in [0.5, 0.6) is 5.75 Å². The van der Waals surface area contributed by atoms with Crippen molar-refractivity contribution in [3.05, 3.63) is 35.5 Å². The first-order valence-corrected chi connectivity index (χ1v) is 12.5. The standard InChI is InChI=1S/C26H39N6O3/c1-6-30(7-2)16-14-27-22-12-13-23(32(33)34)26-24(22)25(28-15-17-31(8-3)9-4)20-18-19(35-5)10-11-21(20)29-26/h10-13,18,27,33H,6-9,14-17H2,1-5H3,(H,28,29)/q-1. The molecule has 0 saturated heterocycles. The van der Waals surface area contributed by atoms with Gasteiger partial charge in [-0.3, -0.25) is 5.21 Å². The van der Waals surface area contributed by atoms with Crippen LogP contribution in [0, 0.1) is 5.21 Å². The van der Waals surface area contributed by atoms with Crippen molar-refractivity contribution in [3.8, 4) is 5.75 Å². The molecule has 0 atom stereocenters. The molecule has 0 saturated carbocycles. The van der Waals surface area contributed by atoms with Gasteiger partial charge in [-0.1, -0.05) is 27.7 Å². The number of ether oxygens (including phenoxy) is 1. The maximum atomic E-state index is 12.0. The van der Waals surface area contributed by atoms with Crippen LogP contribution in [0.2, 0.25) is 0 Å². The second kappa shape index (κ2) is 12.7. The smallest absolute Gasteiger partial charge is 0.119 e. The van der Waals surface area contributed by atoms with E-state index in [0.29, 0.717) is 11.0 Å². The summed E-state index contributed by atoms with van der Waals surface area (Å²) in [4.78, 5) is 9.48. The predicted octanol–water partition coefficient (Wildman–Crippen LogP) is 4.60. The van der Waals surface area contributed by atoms with Gasteiger partial charge in [0.25, 0.3) is 0 Å². The van der Waals surface area contributed by atoms with E-state index in [1.807, 2.05) is 24.3 Å². The Morgan fingerprint density at radius 2 is 1.54 bits per heavy atom. The number of nitrogens with one attached hydrogen (secondary N) is 2. The highest BCUT2D eigenvalue weighted by Crippen LogP contribution is 2.40. The van der Waals surface area contributed by atoms with Crippen molar-refractivity contribution in [2.45, 2.75) is 27.7 Å². The number of methoxy groups -OCH3 is 1. The Kier molecular flexibility index (Phi) is 9.73. The fourth-order valence-electron chi connectivity index (χ4n) is 4.39. The zero-order valence-electron chi connectivity index (χ0n) is 21.6. The Hall–Kier alpha value is -2.85. The fourth-order valence-corrected chi connectivity index (χ4v) is 4.39. The Balaban J connectivity index is 2.15. The van der Waals surface area contributed by atoms with Crippen LogP contribution in [0.15, 0.2) is 30.3 Å². The molecule has 3 N–H and O–H groups in total. The van der Waals surface area contributed by atoms with Gasteiger partial charge >= 0.3 is 0 Å². The van der Waals surface area contributed by atoms with Crippen LogP contribution in [0.25, 0.3) is 21.8 Å². The summed E-state index contributed by atoms with van der Waals surface area (Å²) in [6.45, 7) is 15.8. The van der Waals surface area contributed by atoms with E-state index >= 15 is 0 Å². The van der Waals surface area contributed by atoms with Crippen LogP contribution >= 0.6 is 0 Å². The van der Waals surface area contributed by atoms with Crippen molar-refractivity contribution in [2.24, 2.45) is 0 Å². The van der Waals surface area contributed by atoms with Crippen molar-refractivity contribution in [2.75, 3.05) is 75.3 Å². The number of pyridine rings is 1. The molecule has 2 aromatic carbocycles. The molecule has 192 valence electrons. The van der Waals surface area contributed by atoms with Crippen molar-refractivity contribution >= 4 is 38.9 Å². The Morgan fingerprint density at radius 3 is 2.11 bits per heavy atom. The van der Waals surface area contributed by atoms with E-state index in [9.17, 15) is 10.4 Å². The summed E-state index contributed by atoms with van der Waals surface area (Å²) in [6, 6.07) is 9.13. The van der Waals surface area contributed by atoms with Gasteiger partial charge in [0.15, 0.2) is 0 Å². The second-order valence-electron chi connectivity index (χ2n) is 8.41. The normalized spacial score (nSPS) is 11.6. The van der Waals surface area contributed by atoms with E-state index in [1.165, 1.54) is 0 Å². The van der Waals surface area contributed by atoms with Crippen molar-refractivity contribution in [1.29, 1.82) is 0 Å². The largest absolute Gasteiger partial charge is 0.733 e. The molecule has 0 aliphatic carbocycles. The maximum absolute atomic E-state index is 12.0. The summed E-state index contributed by atoms with van der Waals surface area (Å²) in [5.74, 6) is 0.727. The van der Waals surface area contributed by atoms with Crippen molar-refractivity contribution in [3.63, 3.8) is 0 Å². The number of nitrogens with zero attached hydrogens (tertiary/aromatic N) is 4. The molecule has 35 heavy (non-hydrogen) atoms. The lowest BCUT2D eigenvalue weighted by Gasteiger charge is -2.26. The third-order valence-electron chi connectivity index (χ3n) is 6.58. The van der Waals surface area contributed by atoms with Crippen LogP contribution in [0.4, 0.5) is 17.1 Å². The number of aromatic nitrogens is 1. The number of hydrogen-bond donors (Lipinski definition) is 3. The highest BCUT2D eigenvalue weighted by molar-refractivity contribution is 6.15. The molecule has 0 unspecified atom stereocenters. The molecule has 0 radical (unpaired) electrons. The molecule has 0 amide bonds. The van der Waals surface area contributed by atoms with E-state index in [0.717, 1.165) is 80.3 Å². The molecule has 1 aromatic heterocycles. The van der Waals surface area contributed by atoms with Gasteiger partial charge in [-0.25, -0.2) is 4.98 Å². The molecule has 9 heteroatoms. The maximum Gasteiger partial charge on any atom is 0.119 e. The molecule has 9 nitrogen and oxygen atoms in total. The van der Waals surface area contributed by atoms with Crippen molar-refractivity contribution < 1.29 is 9.94 Å². The molecular weight excluding hydrogens is 444 g/mol. The average Bonchev–Trinajstić information content (AvgIpc) is 2.88. The van der Waals surface area contributed by atoms with Gasteiger partial charge in [0.1, 0.15) is 5.75 Å². The van der Waals surface area contributed by atoms with Gasteiger partial charge in [-0.05, 0) is 56.5 Å². The summed E-state index contributed by atoms with van der Waals surface area (Å²) in [6.07, 6.45) is 0. The van der Waals surface area contributed by atoms with E-state index < -0.39 is 0 Å². The number of anilines is 3. The first-order valence-electron chi connectivity index (χ1n) is 12.5. The summed E-state index contributed by atoms with van der Waals surface area (Å²) in [5.41, 5.74) is 2.99. The number of fused-ring (bicyclic) bond motifs is 2. The number of likely N-dealkylation sites (N-methyl/N-ethyl adjacent to an activating group) is 2. The van der Waals surface area contributed by atoms with Gasteiger partial charge in [-0.15, -0.1) is 0 Å². The Bertz CT molecular complexity index is 1100. The van der Waals surface area contributed by atoms with Gasteiger partial charge in [0.2, 0.25) is 0 Å². The van der Waals surface area contributed by atoms with Crippen LogP contribution in [-0.4, -0.2) is 79.5 Å². The van der Waals surface area contributed by atoms with Gasteiger partial charge in [-0.2, -0.15) is 0 Å². The van der Waals surface area contributed by atoms with Gasteiger partial charge in [0.05, 0.1) is 29.5 Å². The zero-order valence-corrected chi connectivity index (χ0v) is 21.6. The molecule has 0 aliphatic rings. The minimum atomic E-state index is -0.107. The van der Waals surface area contributed by atoms with Crippen LogP contribution in [-0.2, 0) is 0 Å². The number of benzene rings is 2. The number of rotatable bonds is 14. The van der Waals surface area contributed by atoms with E-state index in [-0.39, 0.29) is 10.9 Å². The Labute approximate surface area is 208 Å². The van der Waals surface area contributed by atoms with E-state index in [1.54, 1.807) is 13.2 Å². The molecule has 0 fully saturated rings. The monoisotopic (exact) mass is 483 g/mol. The fraction of sp³-hybridized carbons (Fsp3) is 0.500. The minimum Gasteiger partial charge on any atom is -0.733 e. The second-order valence-corrected chi connectivity index (χ2v) is 8.41. The molecule has 1 heterocycles. The molecule has 3 rings (SSSR count). The summed E-state index contributed by atoms with van der Waals surface area (Å²) >= 11 is 0. The minimum absolute atomic E-state index is 0.107. The average molecular weight is 484 g/mol. The van der Waals surface area contributed by atoms with Crippen LogP contribution in [0.3, 0.4) is 0 Å². The summed E-state index contributed by atoms with van der Waals surface area (Å²) in [5, 5.41) is 30.6. The first kappa shape index (κ1) is 26.7. The lowest BCUT2D eigenvalue weighted by atomic mass is 10.0. The molecule has 0 spiro atoms. The molecule has 0 aliphatic heterocycles. The molecule has 3 aromatic rings. The highest BCUT2D eigenvalue weighted by Gasteiger charge is 2.17. The van der Waals surface area contributed by atoms with E-state index in [4.69, 9.17) is 9.72 Å². The Morgan fingerprint density at radius 1 is 0.914 bits per heavy atom. The molecule has 0 bridgehead atoms. The SMILES string of the molecule is CCN(CC)CCNc1ccc(N([O-])O)c2nc3ccc(OC)cc3c(NCCN(CC)CC)c12. The zero-order chi connectivity index (χ0) is 25.4. The van der Waals surface area contributed by atoms with Gasteiger partial charge in [0, 0.05) is 42.6 Å². The predicted molar refractivity (Wildman–Crippen MR) is 146 cm³/mol. The van der Waals surface area contributed by atoms with Crippen LogP contribution in [0.1, 0.15) is 27.7 Å². The lowest BCUT2D eigenvalue weighted by Crippen LogP contribution is -2.29. The quantitative estimate of drug-likeness (QED) is 0.224. The third-order valence-corrected chi connectivity index (χ3v) is 6.58. The highest BCUT2D eigenvalue weighted by atomic mass is 16.8. The lowest BCUT2D eigenvalue weighted by molar-refractivity contribution is 0.297. The first-order chi connectivity index (χ1) is 17.0. The summed E-state index contributed by atoms with van der Waals surface area (Å²) < 4.78 is 5.49. The third kappa shape index (κ3) is 6.24. The van der Waals surface area contributed by atoms with E-state index in [2.05, 4.69) is 48.1 Å². The summed E-state index contributed by atoms with van der Waals surface area (Å²) in [7, 11) is 1.64. The van der Waals surface area contributed by atoms with Crippen molar-refractivity contribution in [1.82, 2.24) is 14.8 Å².